The number of para-hydroxylation sites is 1. The van der Waals surface area contributed by atoms with Crippen LogP contribution in [0.5, 0.6) is 0 Å². The number of aromatic nitrogens is 1. The number of carbonyl (C=O) groups is 1. The van der Waals surface area contributed by atoms with Gasteiger partial charge in [0, 0.05) is 19.2 Å². The Labute approximate surface area is 145 Å². The molecule has 8 heteroatoms. The van der Waals surface area contributed by atoms with Crippen LogP contribution in [0.4, 0.5) is 0 Å². The first-order valence-corrected chi connectivity index (χ1v) is 10.7. The lowest BCUT2D eigenvalue weighted by Crippen LogP contribution is -2.57. The number of sulfone groups is 1. The standard InChI is InChI=1S/C16H21N3O3S2/c1-24(21,22)16(7-10-17-11-8-16)15(20)18-9-6-14-19-12-4-2-3-5-13(12)23-14/h2-5,17H,6-11H2,1H3,(H,18,20). The molecule has 0 bridgehead atoms. The molecule has 1 fully saturated rings. The molecule has 1 aliphatic heterocycles. The van der Waals surface area contributed by atoms with E-state index in [2.05, 4.69) is 15.6 Å². The van der Waals surface area contributed by atoms with Gasteiger partial charge in [-0.25, -0.2) is 13.4 Å². The van der Waals surface area contributed by atoms with Crippen LogP contribution in [0.1, 0.15) is 17.8 Å². The number of hydrogen-bond acceptors (Lipinski definition) is 6. The molecule has 1 aromatic carbocycles. The Balaban J connectivity index is 1.65. The van der Waals surface area contributed by atoms with Crippen LogP contribution in [0.15, 0.2) is 24.3 Å². The molecule has 0 radical (unpaired) electrons. The van der Waals surface area contributed by atoms with E-state index in [0.29, 0.717) is 38.9 Å². The van der Waals surface area contributed by atoms with Crippen molar-refractivity contribution in [3.63, 3.8) is 0 Å². The molecule has 0 atom stereocenters. The van der Waals surface area contributed by atoms with Gasteiger partial charge in [0.15, 0.2) is 14.6 Å². The van der Waals surface area contributed by atoms with Crippen molar-refractivity contribution >= 4 is 37.3 Å². The third-order valence-electron chi connectivity index (χ3n) is 4.50. The Morgan fingerprint density at radius 3 is 2.71 bits per heavy atom. The highest BCUT2D eigenvalue weighted by Crippen LogP contribution is 2.28. The Morgan fingerprint density at radius 2 is 2.04 bits per heavy atom. The second kappa shape index (κ2) is 6.78. The van der Waals surface area contributed by atoms with E-state index in [1.54, 1.807) is 11.3 Å². The van der Waals surface area contributed by atoms with E-state index in [-0.39, 0.29) is 5.91 Å². The molecule has 130 valence electrons. The van der Waals surface area contributed by atoms with Crippen molar-refractivity contribution in [1.29, 1.82) is 0 Å². The number of rotatable bonds is 5. The summed E-state index contributed by atoms with van der Waals surface area (Å²) in [5, 5.41) is 6.86. The lowest BCUT2D eigenvalue weighted by Gasteiger charge is -2.34. The topological polar surface area (TPSA) is 88.2 Å². The van der Waals surface area contributed by atoms with E-state index in [1.807, 2.05) is 24.3 Å². The Morgan fingerprint density at radius 1 is 1.33 bits per heavy atom. The number of nitrogens with zero attached hydrogens (tertiary/aromatic N) is 1. The Kier molecular flexibility index (Phi) is 4.89. The molecule has 2 aromatic rings. The van der Waals surface area contributed by atoms with Crippen LogP contribution in [0.2, 0.25) is 0 Å². The Bertz CT molecular complexity index is 806. The highest BCUT2D eigenvalue weighted by Gasteiger charge is 2.48. The van der Waals surface area contributed by atoms with Crippen molar-refractivity contribution in [2.24, 2.45) is 0 Å². The molecular weight excluding hydrogens is 346 g/mol. The third-order valence-corrected chi connectivity index (χ3v) is 7.61. The molecule has 0 unspecified atom stereocenters. The average molecular weight is 367 g/mol. The lowest BCUT2D eigenvalue weighted by molar-refractivity contribution is -0.124. The van der Waals surface area contributed by atoms with Crippen molar-refractivity contribution in [1.82, 2.24) is 15.6 Å². The van der Waals surface area contributed by atoms with Gasteiger partial charge in [-0.05, 0) is 38.1 Å². The molecule has 0 saturated carbocycles. The van der Waals surface area contributed by atoms with E-state index >= 15 is 0 Å². The number of nitrogens with one attached hydrogen (secondary N) is 2. The predicted octanol–water partition coefficient (Wildman–Crippen LogP) is 1.12. The number of hydrogen-bond donors (Lipinski definition) is 2. The molecule has 0 spiro atoms. The summed E-state index contributed by atoms with van der Waals surface area (Å²) >= 11 is 1.60. The molecule has 24 heavy (non-hydrogen) atoms. The number of thiazole rings is 1. The molecule has 2 N–H and O–H groups in total. The fraction of sp³-hybridized carbons (Fsp3) is 0.500. The first-order chi connectivity index (χ1) is 11.4. The normalized spacial score (nSPS) is 17.7. The fourth-order valence-corrected chi connectivity index (χ4v) is 5.39. The molecule has 1 aromatic heterocycles. The van der Waals surface area contributed by atoms with Gasteiger partial charge >= 0.3 is 0 Å². The van der Waals surface area contributed by atoms with Crippen LogP contribution < -0.4 is 10.6 Å². The van der Waals surface area contributed by atoms with Crippen LogP contribution >= 0.6 is 11.3 Å². The molecule has 2 heterocycles. The van der Waals surface area contributed by atoms with E-state index in [9.17, 15) is 13.2 Å². The van der Waals surface area contributed by atoms with Gasteiger partial charge in [0.05, 0.1) is 15.2 Å². The van der Waals surface area contributed by atoms with Crippen molar-refractivity contribution in [2.45, 2.75) is 24.0 Å². The van der Waals surface area contributed by atoms with Crippen LogP contribution in [0.3, 0.4) is 0 Å². The predicted molar refractivity (Wildman–Crippen MR) is 96.0 cm³/mol. The quantitative estimate of drug-likeness (QED) is 0.827. The summed E-state index contributed by atoms with van der Waals surface area (Å²) in [6.45, 7) is 1.47. The molecule has 1 amide bonds. The summed E-state index contributed by atoms with van der Waals surface area (Å²) in [4.78, 5) is 17.1. The van der Waals surface area contributed by atoms with Gasteiger partial charge < -0.3 is 10.6 Å². The largest absolute Gasteiger partial charge is 0.354 e. The lowest BCUT2D eigenvalue weighted by atomic mass is 9.96. The molecule has 1 saturated heterocycles. The van der Waals surface area contributed by atoms with Gasteiger partial charge in [-0.3, -0.25) is 4.79 Å². The van der Waals surface area contributed by atoms with Gasteiger partial charge in [0.25, 0.3) is 0 Å². The summed E-state index contributed by atoms with van der Waals surface area (Å²) in [5.74, 6) is -0.382. The van der Waals surface area contributed by atoms with Crippen LogP contribution in [0, 0.1) is 0 Å². The van der Waals surface area contributed by atoms with E-state index in [0.717, 1.165) is 21.5 Å². The molecular formula is C16H21N3O3S2. The second-order valence-electron chi connectivity index (χ2n) is 6.10. The molecule has 1 aliphatic rings. The van der Waals surface area contributed by atoms with Crippen molar-refractivity contribution < 1.29 is 13.2 Å². The van der Waals surface area contributed by atoms with E-state index in [1.165, 1.54) is 0 Å². The number of carbonyl (C=O) groups excluding carboxylic acids is 1. The summed E-state index contributed by atoms with van der Waals surface area (Å²) in [6.07, 6.45) is 2.40. The van der Waals surface area contributed by atoms with Gasteiger partial charge in [0.2, 0.25) is 5.91 Å². The van der Waals surface area contributed by atoms with Gasteiger partial charge in [-0.1, -0.05) is 12.1 Å². The van der Waals surface area contributed by atoms with E-state index < -0.39 is 14.6 Å². The SMILES string of the molecule is CS(=O)(=O)C1(C(=O)NCCc2nc3ccccc3s2)CCNCC1. The van der Waals surface area contributed by atoms with Crippen molar-refractivity contribution in [3.05, 3.63) is 29.3 Å². The first kappa shape index (κ1) is 17.3. The smallest absolute Gasteiger partial charge is 0.241 e. The summed E-state index contributed by atoms with van der Waals surface area (Å²) < 4.78 is 24.2. The Hall–Kier alpha value is -1.51. The van der Waals surface area contributed by atoms with Crippen LogP contribution in [0.25, 0.3) is 10.2 Å². The minimum atomic E-state index is -3.47. The minimum Gasteiger partial charge on any atom is -0.354 e. The molecule has 3 rings (SSSR count). The summed E-state index contributed by atoms with van der Waals surface area (Å²) in [5.41, 5.74) is 0.954. The number of piperidine rings is 1. The molecule has 6 nitrogen and oxygen atoms in total. The maximum Gasteiger partial charge on any atom is 0.241 e. The number of fused-ring (bicyclic) bond motifs is 1. The zero-order valence-corrected chi connectivity index (χ0v) is 15.2. The fourth-order valence-electron chi connectivity index (χ4n) is 3.07. The minimum absolute atomic E-state index is 0.318. The maximum atomic E-state index is 12.6. The zero-order chi connectivity index (χ0) is 17.2. The maximum absolute atomic E-state index is 12.6. The monoisotopic (exact) mass is 367 g/mol. The highest BCUT2D eigenvalue weighted by molar-refractivity contribution is 7.92. The van der Waals surface area contributed by atoms with Crippen molar-refractivity contribution in [3.8, 4) is 0 Å². The van der Waals surface area contributed by atoms with E-state index in [4.69, 9.17) is 0 Å². The summed E-state index contributed by atoms with van der Waals surface area (Å²) in [6, 6.07) is 7.89. The second-order valence-corrected chi connectivity index (χ2v) is 9.54. The molecule has 0 aliphatic carbocycles. The number of benzene rings is 1. The van der Waals surface area contributed by atoms with Crippen LogP contribution in [-0.2, 0) is 21.1 Å². The first-order valence-electron chi connectivity index (χ1n) is 7.95. The van der Waals surface area contributed by atoms with Gasteiger partial charge in [-0.2, -0.15) is 0 Å². The van der Waals surface area contributed by atoms with Crippen LogP contribution in [-0.4, -0.2) is 49.9 Å². The summed E-state index contributed by atoms with van der Waals surface area (Å²) in [7, 11) is -3.47. The highest BCUT2D eigenvalue weighted by atomic mass is 32.2. The number of amides is 1. The van der Waals surface area contributed by atoms with Gasteiger partial charge in [0.1, 0.15) is 0 Å². The average Bonchev–Trinajstić information content (AvgIpc) is 2.97. The van der Waals surface area contributed by atoms with Crippen molar-refractivity contribution in [2.75, 3.05) is 25.9 Å². The third kappa shape index (κ3) is 3.31. The zero-order valence-electron chi connectivity index (χ0n) is 13.5. The van der Waals surface area contributed by atoms with Gasteiger partial charge in [-0.15, -0.1) is 11.3 Å².